The van der Waals surface area contributed by atoms with Gasteiger partial charge in [0.2, 0.25) is 0 Å². The fourth-order valence-electron chi connectivity index (χ4n) is 1.97. The van der Waals surface area contributed by atoms with E-state index in [4.69, 9.17) is 5.26 Å². The summed E-state index contributed by atoms with van der Waals surface area (Å²) in [6.45, 7) is 1.75. The summed E-state index contributed by atoms with van der Waals surface area (Å²) in [4.78, 5) is 16.8. The Kier molecular flexibility index (Phi) is 3.16. The summed E-state index contributed by atoms with van der Waals surface area (Å²) in [7, 11) is 0. The monoisotopic (exact) mass is 215 g/mol. The van der Waals surface area contributed by atoms with Gasteiger partial charge in [0.05, 0.1) is 0 Å². The first-order valence-electron chi connectivity index (χ1n) is 5.40. The van der Waals surface area contributed by atoms with Crippen LogP contribution >= 0.6 is 0 Å². The van der Waals surface area contributed by atoms with Crippen molar-refractivity contribution in [1.82, 2.24) is 4.98 Å². The van der Waals surface area contributed by atoms with Crippen LogP contribution in [0.15, 0.2) is 18.3 Å². The smallest absolute Gasteiger partial charge is 0.142 e. The van der Waals surface area contributed by atoms with Crippen molar-refractivity contribution < 1.29 is 4.79 Å². The number of pyridine rings is 1. The molecular weight excluding hydrogens is 202 g/mol. The van der Waals surface area contributed by atoms with Crippen LogP contribution in [0.25, 0.3) is 0 Å². The molecule has 1 aromatic rings. The molecule has 1 aliphatic heterocycles. The van der Waals surface area contributed by atoms with E-state index in [-0.39, 0.29) is 5.92 Å². The molecule has 4 nitrogen and oxygen atoms in total. The molecule has 4 heteroatoms. The Balaban J connectivity index is 2.08. The highest BCUT2D eigenvalue weighted by Gasteiger charge is 2.18. The van der Waals surface area contributed by atoms with E-state index < -0.39 is 0 Å². The maximum absolute atomic E-state index is 10.6. The highest BCUT2D eigenvalue weighted by Crippen LogP contribution is 2.22. The van der Waals surface area contributed by atoms with Crippen molar-refractivity contribution >= 4 is 12.0 Å². The number of carbonyl (C=O) groups excluding carboxylic acids is 1. The van der Waals surface area contributed by atoms with Gasteiger partial charge < -0.3 is 9.69 Å². The summed E-state index contributed by atoms with van der Waals surface area (Å²) in [5.74, 6) is 0.202. The lowest BCUT2D eigenvalue weighted by Crippen LogP contribution is -2.34. The summed E-state index contributed by atoms with van der Waals surface area (Å²) in [5, 5.41) is 8.76. The molecule has 0 amide bonds. The van der Waals surface area contributed by atoms with Crippen LogP contribution in [0.3, 0.4) is 0 Å². The van der Waals surface area contributed by atoms with Crippen LogP contribution in [0.5, 0.6) is 0 Å². The van der Waals surface area contributed by atoms with E-state index >= 15 is 0 Å². The summed E-state index contributed by atoms with van der Waals surface area (Å²) < 4.78 is 0. The predicted molar refractivity (Wildman–Crippen MR) is 60.0 cm³/mol. The first kappa shape index (κ1) is 10.6. The van der Waals surface area contributed by atoms with E-state index in [0.29, 0.717) is 5.69 Å². The molecular formula is C12H13N3O. The molecule has 0 spiro atoms. The van der Waals surface area contributed by atoms with E-state index in [1.54, 1.807) is 12.3 Å². The molecule has 1 saturated heterocycles. The second-order valence-corrected chi connectivity index (χ2v) is 3.97. The number of nitriles is 1. The van der Waals surface area contributed by atoms with E-state index in [1.807, 2.05) is 12.1 Å². The van der Waals surface area contributed by atoms with Crippen molar-refractivity contribution in [3.8, 4) is 6.07 Å². The molecule has 2 heterocycles. The Morgan fingerprint density at radius 3 is 2.88 bits per heavy atom. The molecule has 0 N–H and O–H groups in total. The Hall–Kier alpha value is -1.89. The maximum atomic E-state index is 10.6. The number of nitrogens with zero attached hydrogens (tertiary/aromatic N) is 3. The number of hydrogen-bond donors (Lipinski definition) is 0. The molecule has 0 aliphatic carbocycles. The third-order valence-electron chi connectivity index (χ3n) is 2.96. The number of aromatic nitrogens is 1. The van der Waals surface area contributed by atoms with Gasteiger partial charge in [-0.15, -0.1) is 0 Å². The lowest BCUT2D eigenvalue weighted by Gasteiger charge is -2.31. The molecule has 0 aromatic carbocycles. The second-order valence-electron chi connectivity index (χ2n) is 3.97. The topological polar surface area (TPSA) is 57.0 Å². The number of piperidine rings is 1. The molecule has 1 fully saturated rings. The van der Waals surface area contributed by atoms with Gasteiger partial charge in [0, 0.05) is 30.9 Å². The van der Waals surface area contributed by atoms with Gasteiger partial charge in [0.15, 0.2) is 0 Å². The lowest BCUT2D eigenvalue weighted by atomic mass is 9.98. The van der Waals surface area contributed by atoms with Crippen LogP contribution in [-0.4, -0.2) is 24.4 Å². The summed E-state index contributed by atoms with van der Waals surface area (Å²) in [5.41, 5.74) is 1.46. The number of anilines is 1. The molecule has 0 saturated carbocycles. The van der Waals surface area contributed by atoms with Crippen LogP contribution in [0.4, 0.5) is 5.69 Å². The van der Waals surface area contributed by atoms with E-state index in [9.17, 15) is 4.79 Å². The molecule has 16 heavy (non-hydrogen) atoms. The molecule has 0 radical (unpaired) electrons. The minimum atomic E-state index is 0.202. The maximum Gasteiger partial charge on any atom is 0.142 e. The third kappa shape index (κ3) is 2.19. The molecule has 2 rings (SSSR count). The highest BCUT2D eigenvalue weighted by atomic mass is 16.1. The third-order valence-corrected chi connectivity index (χ3v) is 2.96. The van der Waals surface area contributed by atoms with Crippen LogP contribution in [0.2, 0.25) is 0 Å². The quantitative estimate of drug-likeness (QED) is 0.699. The van der Waals surface area contributed by atoms with Crippen molar-refractivity contribution in [3.63, 3.8) is 0 Å². The van der Waals surface area contributed by atoms with Crippen LogP contribution in [-0.2, 0) is 4.79 Å². The Bertz CT molecular complexity index is 417. The van der Waals surface area contributed by atoms with Gasteiger partial charge in [-0.05, 0) is 25.0 Å². The molecule has 1 aliphatic rings. The minimum Gasteiger partial charge on any atom is -0.371 e. The van der Waals surface area contributed by atoms with Crippen LogP contribution in [0, 0.1) is 17.2 Å². The predicted octanol–water partition coefficient (Wildman–Crippen LogP) is 1.37. The van der Waals surface area contributed by atoms with Crippen molar-refractivity contribution in [2.24, 2.45) is 5.92 Å². The van der Waals surface area contributed by atoms with E-state index in [0.717, 1.165) is 37.9 Å². The van der Waals surface area contributed by atoms with Gasteiger partial charge in [-0.25, -0.2) is 4.98 Å². The largest absolute Gasteiger partial charge is 0.371 e. The van der Waals surface area contributed by atoms with Gasteiger partial charge in [0.1, 0.15) is 18.0 Å². The summed E-state index contributed by atoms with van der Waals surface area (Å²) >= 11 is 0. The fraction of sp³-hybridized carbons (Fsp3) is 0.417. The number of hydrogen-bond acceptors (Lipinski definition) is 4. The Labute approximate surface area is 94.5 Å². The zero-order valence-corrected chi connectivity index (χ0v) is 8.97. The average Bonchev–Trinajstić information content (AvgIpc) is 2.39. The number of aldehydes is 1. The fourth-order valence-corrected chi connectivity index (χ4v) is 1.97. The van der Waals surface area contributed by atoms with Crippen LogP contribution in [0.1, 0.15) is 18.5 Å². The summed E-state index contributed by atoms with van der Waals surface area (Å²) in [6, 6.07) is 5.73. The highest BCUT2D eigenvalue weighted by molar-refractivity contribution is 5.55. The average molecular weight is 215 g/mol. The minimum absolute atomic E-state index is 0.202. The lowest BCUT2D eigenvalue weighted by molar-refractivity contribution is -0.111. The Morgan fingerprint density at radius 2 is 2.25 bits per heavy atom. The van der Waals surface area contributed by atoms with Crippen molar-refractivity contribution in [2.45, 2.75) is 12.8 Å². The molecule has 0 atom stereocenters. The van der Waals surface area contributed by atoms with Crippen LogP contribution < -0.4 is 4.90 Å². The number of rotatable bonds is 2. The first-order chi connectivity index (χ1) is 7.83. The standard InChI is InChI=1S/C12H13N3O/c13-8-11-7-12(1-4-14-11)15-5-2-10(9-16)3-6-15/h1,4,7,9-10H,2-3,5-6H2. The molecule has 0 unspecified atom stereocenters. The zero-order chi connectivity index (χ0) is 11.4. The van der Waals surface area contributed by atoms with Crippen molar-refractivity contribution in [2.75, 3.05) is 18.0 Å². The van der Waals surface area contributed by atoms with Gasteiger partial charge >= 0.3 is 0 Å². The molecule has 82 valence electrons. The second kappa shape index (κ2) is 4.75. The first-order valence-corrected chi connectivity index (χ1v) is 5.40. The SMILES string of the molecule is N#Cc1cc(N2CCC(C=O)CC2)ccn1. The number of carbonyl (C=O) groups is 1. The van der Waals surface area contributed by atoms with E-state index in [2.05, 4.69) is 9.88 Å². The van der Waals surface area contributed by atoms with Gasteiger partial charge in [0.25, 0.3) is 0 Å². The molecule has 1 aromatic heterocycles. The van der Waals surface area contributed by atoms with Gasteiger partial charge in [-0.1, -0.05) is 0 Å². The summed E-state index contributed by atoms with van der Waals surface area (Å²) in [6.07, 6.45) is 4.49. The van der Waals surface area contributed by atoms with Crippen molar-refractivity contribution in [3.05, 3.63) is 24.0 Å². The van der Waals surface area contributed by atoms with Gasteiger partial charge in [-0.3, -0.25) is 0 Å². The zero-order valence-electron chi connectivity index (χ0n) is 8.97. The normalized spacial score (nSPS) is 16.8. The van der Waals surface area contributed by atoms with E-state index in [1.165, 1.54) is 0 Å². The van der Waals surface area contributed by atoms with Gasteiger partial charge in [-0.2, -0.15) is 5.26 Å². The van der Waals surface area contributed by atoms with Crippen molar-refractivity contribution in [1.29, 1.82) is 5.26 Å². The Morgan fingerprint density at radius 1 is 1.50 bits per heavy atom. The molecule has 0 bridgehead atoms.